The Morgan fingerprint density at radius 3 is 2.78 bits per heavy atom. The maximum Gasteiger partial charge on any atom is 0.224 e. The highest BCUT2D eigenvalue weighted by Gasteiger charge is 2.32. The third-order valence-corrected chi connectivity index (χ3v) is 4.90. The van der Waals surface area contributed by atoms with E-state index in [4.69, 9.17) is 5.26 Å². The van der Waals surface area contributed by atoms with Crippen LogP contribution < -0.4 is 5.32 Å². The molecule has 96 valence electrons. The first-order valence-electron chi connectivity index (χ1n) is 6.22. The van der Waals surface area contributed by atoms with E-state index < -0.39 is 0 Å². The maximum absolute atomic E-state index is 8.89. The van der Waals surface area contributed by atoms with Gasteiger partial charge in [-0.2, -0.15) is 17.0 Å². The van der Waals surface area contributed by atoms with Crippen LogP contribution in [0.1, 0.15) is 37.1 Å². The highest BCUT2D eigenvalue weighted by atomic mass is 32.2. The van der Waals surface area contributed by atoms with E-state index in [0.29, 0.717) is 16.4 Å². The van der Waals surface area contributed by atoms with E-state index in [1.165, 1.54) is 25.7 Å². The molecule has 5 heteroatoms. The molecule has 0 spiro atoms. The van der Waals surface area contributed by atoms with Crippen LogP contribution in [0.2, 0.25) is 0 Å². The van der Waals surface area contributed by atoms with Crippen molar-refractivity contribution in [3.05, 3.63) is 17.5 Å². The second-order valence-electron chi connectivity index (χ2n) is 4.78. The van der Waals surface area contributed by atoms with Gasteiger partial charge in [-0.1, -0.05) is 12.8 Å². The van der Waals surface area contributed by atoms with Gasteiger partial charge in [0.25, 0.3) is 0 Å². The summed E-state index contributed by atoms with van der Waals surface area (Å²) >= 11 is 1.93. The normalized spacial score (nSPS) is 17.4. The molecule has 0 amide bonds. The fraction of sp³-hybridized carbons (Fsp3) is 0.615. The number of nitrogens with one attached hydrogen (secondary N) is 1. The Bertz CT molecular complexity index is 461. The van der Waals surface area contributed by atoms with Gasteiger partial charge in [-0.3, -0.25) is 0 Å². The van der Waals surface area contributed by atoms with Crippen molar-refractivity contribution in [1.82, 2.24) is 9.97 Å². The Morgan fingerprint density at radius 1 is 1.44 bits per heavy atom. The number of nitrogens with zero attached hydrogens (tertiary/aromatic N) is 3. The predicted molar refractivity (Wildman–Crippen MR) is 74.7 cm³/mol. The average Bonchev–Trinajstić information content (AvgIpc) is 2.85. The minimum Gasteiger partial charge on any atom is -0.353 e. The van der Waals surface area contributed by atoms with E-state index in [-0.39, 0.29) is 0 Å². The van der Waals surface area contributed by atoms with Crippen molar-refractivity contribution < 1.29 is 0 Å². The zero-order valence-electron chi connectivity index (χ0n) is 10.9. The lowest BCUT2D eigenvalue weighted by Crippen LogP contribution is -2.30. The Kier molecular flexibility index (Phi) is 4.07. The van der Waals surface area contributed by atoms with Crippen LogP contribution in [0.5, 0.6) is 0 Å². The fourth-order valence-corrected chi connectivity index (χ4v) is 3.33. The lowest BCUT2D eigenvalue weighted by Gasteiger charge is -2.26. The SMILES string of the molecule is CSC1(CNc2nc(C)cc(C#N)n2)CCCC1. The van der Waals surface area contributed by atoms with Crippen molar-refractivity contribution in [1.29, 1.82) is 5.26 Å². The molecule has 1 aromatic rings. The monoisotopic (exact) mass is 262 g/mol. The summed E-state index contributed by atoms with van der Waals surface area (Å²) in [7, 11) is 0. The molecule has 1 aliphatic carbocycles. The molecule has 1 heterocycles. The largest absolute Gasteiger partial charge is 0.353 e. The summed E-state index contributed by atoms with van der Waals surface area (Å²) < 4.78 is 0.319. The number of rotatable bonds is 4. The summed E-state index contributed by atoms with van der Waals surface area (Å²) in [5, 5.41) is 12.2. The van der Waals surface area contributed by atoms with Gasteiger partial charge in [0.15, 0.2) is 0 Å². The van der Waals surface area contributed by atoms with Crippen molar-refractivity contribution >= 4 is 17.7 Å². The highest BCUT2D eigenvalue weighted by molar-refractivity contribution is 8.00. The fourth-order valence-electron chi connectivity index (χ4n) is 2.42. The summed E-state index contributed by atoms with van der Waals surface area (Å²) in [6.45, 7) is 2.76. The molecule has 0 saturated heterocycles. The molecule has 4 nitrogen and oxygen atoms in total. The molecule has 0 aliphatic heterocycles. The molecule has 0 atom stereocenters. The van der Waals surface area contributed by atoms with Gasteiger partial charge in [0.2, 0.25) is 5.95 Å². The van der Waals surface area contributed by atoms with Crippen LogP contribution in [-0.2, 0) is 0 Å². The lowest BCUT2D eigenvalue weighted by atomic mass is 10.1. The zero-order valence-corrected chi connectivity index (χ0v) is 11.7. The van der Waals surface area contributed by atoms with Gasteiger partial charge in [0.05, 0.1) is 0 Å². The van der Waals surface area contributed by atoms with Crippen molar-refractivity contribution in [3.8, 4) is 6.07 Å². The third kappa shape index (κ3) is 2.94. The van der Waals surface area contributed by atoms with Crippen molar-refractivity contribution in [2.45, 2.75) is 37.4 Å². The molecule has 0 unspecified atom stereocenters. The van der Waals surface area contributed by atoms with Gasteiger partial charge in [-0.15, -0.1) is 0 Å². The molecular weight excluding hydrogens is 244 g/mol. The highest BCUT2D eigenvalue weighted by Crippen LogP contribution is 2.40. The molecule has 0 radical (unpaired) electrons. The average molecular weight is 262 g/mol. The molecular formula is C13H18N4S. The van der Waals surface area contributed by atoms with Gasteiger partial charge < -0.3 is 5.32 Å². The van der Waals surface area contributed by atoms with E-state index in [1.807, 2.05) is 18.7 Å². The first-order chi connectivity index (χ1) is 8.67. The Hall–Kier alpha value is -1.28. The number of aromatic nitrogens is 2. The van der Waals surface area contributed by atoms with Gasteiger partial charge >= 0.3 is 0 Å². The molecule has 0 bridgehead atoms. The van der Waals surface area contributed by atoms with Crippen LogP contribution in [0.15, 0.2) is 6.07 Å². The van der Waals surface area contributed by atoms with Gasteiger partial charge in [-0.05, 0) is 32.1 Å². The Labute approximate surface area is 112 Å². The van der Waals surface area contributed by atoms with Crippen LogP contribution in [0.4, 0.5) is 5.95 Å². The summed E-state index contributed by atoms with van der Waals surface area (Å²) in [5.74, 6) is 0.576. The number of aryl methyl sites for hydroxylation is 1. The topological polar surface area (TPSA) is 61.6 Å². The molecule has 2 rings (SSSR count). The lowest BCUT2D eigenvalue weighted by molar-refractivity contribution is 0.637. The first-order valence-corrected chi connectivity index (χ1v) is 7.45. The van der Waals surface area contributed by atoms with Crippen molar-refractivity contribution in [2.75, 3.05) is 18.1 Å². The Morgan fingerprint density at radius 2 is 2.17 bits per heavy atom. The van der Waals surface area contributed by atoms with E-state index in [9.17, 15) is 0 Å². The van der Waals surface area contributed by atoms with Crippen molar-refractivity contribution in [2.24, 2.45) is 0 Å². The van der Waals surface area contributed by atoms with Crippen LogP contribution in [0.3, 0.4) is 0 Å². The molecule has 0 aromatic carbocycles. The van der Waals surface area contributed by atoms with E-state index in [2.05, 4.69) is 27.6 Å². The van der Waals surface area contributed by atoms with Crippen molar-refractivity contribution in [3.63, 3.8) is 0 Å². The number of hydrogen-bond acceptors (Lipinski definition) is 5. The summed E-state index contributed by atoms with van der Waals surface area (Å²) in [6, 6.07) is 3.76. The number of hydrogen-bond donors (Lipinski definition) is 1. The smallest absolute Gasteiger partial charge is 0.224 e. The van der Waals surface area contributed by atoms with Crippen LogP contribution in [0, 0.1) is 18.3 Å². The summed E-state index contributed by atoms with van der Waals surface area (Å²) in [4.78, 5) is 8.51. The number of nitriles is 1. The third-order valence-electron chi connectivity index (χ3n) is 3.49. The number of thioether (sulfide) groups is 1. The molecule has 18 heavy (non-hydrogen) atoms. The molecule has 1 aliphatic rings. The van der Waals surface area contributed by atoms with Crippen LogP contribution in [-0.4, -0.2) is 27.5 Å². The van der Waals surface area contributed by atoms with E-state index in [1.54, 1.807) is 6.07 Å². The molecule has 1 saturated carbocycles. The van der Waals surface area contributed by atoms with Crippen LogP contribution >= 0.6 is 11.8 Å². The van der Waals surface area contributed by atoms with E-state index in [0.717, 1.165) is 12.2 Å². The van der Waals surface area contributed by atoms with Crippen LogP contribution in [0.25, 0.3) is 0 Å². The van der Waals surface area contributed by atoms with Gasteiger partial charge in [-0.25, -0.2) is 9.97 Å². The minimum absolute atomic E-state index is 0.319. The maximum atomic E-state index is 8.89. The Balaban J connectivity index is 2.06. The zero-order chi connectivity index (χ0) is 13.0. The second-order valence-corrected chi connectivity index (χ2v) is 6.05. The second kappa shape index (κ2) is 5.57. The number of anilines is 1. The van der Waals surface area contributed by atoms with E-state index >= 15 is 0 Å². The molecule has 1 fully saturated rings. The minimum atomic E-state index is 0.319. The molecule has 1 N–H and O–H groups in total. The standard InChI is InChI=1S/C13H18N4S/c1-10-7-11(8-14)17-12(16-10)15-9-13(18-2)5-3-4-6-13/h7H,3-6,9H2,1-2H3,(H,15,16,17). The summed E-state index contributed by atoms with van der Waals surface area (Å²) in [6.07, 6.45) is 7.28. The molecule has 1 aromatic heterocycles. The van der Waals surface area contributed by atoms with Gasteiger partial charge in [0, 0.05) is 17.0 Å². The summed E-state index contributed by atoms with van der Waals surface area (Å²) in [5.41, 5.74) is 1.25. The quantitative estimate of drug-likeness (QED) is 0.904. The van der Waals surface area contributed by atoms with Gasteiger partial charge in [0.1, 0.15) is 11.8 Å². The first kappa shape index (κ1) is 13.2. The predicted octanol–water partition coefficient (Wildman–Crippen LogP) is 2.74.